The molecule has 1 N–H and O–H groups in total. The average Bonchev–Trinajstić information content (AvgIpc) is 2.81. The van der Waals surface area contributed by atoms with Crippen molar-refractivity contribution in [1.82, 2.24) is 8.43 Å². The van der Waals surface area contributed by atoms with Gasteiger partial charge in [0.2, 0.25) is 6.04 Å². The minimum absolute atomic E-state index is 0.300. The molecule has 0 aliphatic rings. The summed E-state index contributed by atoms with van der Waals surface area (Å²) in [5.41, 5.74) is 2.51. The topological polar surface area (TPSA) is 92.8 Å². The lowest BCUT2D eigenvalue weighted by atomic mass is 10.1. The molecule has 0 heterocycles. The normalized spacial score (nSPS) is 11.1. The summed E-state index contributed by atoms with van der Waals surface area (Å²) >= 11 is 1.60. The molecule has 0 fully saturated rings. The minimum atomic E-state index is -1.39. The fraction of sp³-hybridized carbons (Fsp3) is 0.130. The van der Waals surface area contributed by atoms with E-state index in [9.17, 15) is 19.2 Å². The fourth-order valence-corrected chi connectivity index (χ4v) is 2.86. The smallest absolute Gasteiger partial charge is 0.338 e. The summed E-state index contributed by atoms with van der Waals surface area (Å²) in [6.07, 6.45) is 4.29. The van der Waals surface area contributed by atoms with E-state index in [0.29, 0.717) is 16.7 Å². The summed E-state index contributed by atoms with van der Waals surface area (Å²) in [5, 5.41) is 0. The number of allylic oxidation sites excluding steroid dienone is 1. The maximum absolute atomic E-state index is 12.7. The first kappa shape index (κ1) is 23.8. The molecule has 1 unspecified atom stereocenters. The summed E-state index contributed by atoms with van der Waals surface area (Å²) in [6.45, 7) is 0. The van der Waals surface area contributed by atoms with E-state index >= 15 is 0 Å². The number of esters is 1. The molecule has 8 heteroatoms. The molecule has 2 amide bonds. The summed E-state index contributed by atoms with van der Waals surface area (Å²) in [6, 6.07) is 12.2. The van der Waals surface area contributed by atoms with Crippen LogP contribution in [0.25, 0.3) is 6.08 Å². The maximum Gasteiger partial charge on any atom is 0.338 e. The molecule has 31 heavy (non-hydrogen) atoms. The number of ether oxygens (including phenoxy) is 1. The van der Waals surface area contributed by atoms with E-state index in [1.807, 2.05) is 18.2 Å². The second-order valence-corrected chi connectivity index (χ2v) is 6.80. The van der Waals surface area contributed by atoms with E-state index in [2.05, 4.69) is 20.1 Å². The molecule has 2 aromatic carbocycles. The Morgan fingerprint density at radius 3 is 2.23 bits per heavy atom. The van der Waals surface area contributed by atoms with E-state index in [1.165, 1.54) is 7.05 Å². The Bertz CT molecular complexity index is 1030. The van der Waals surface area contributed by atoms with Crippen molar-refractivity contribution in [2.75, 3.05) is 14.2 Å². The molecule has 7 nitrogen and oxygen atoms in total. The van der Waals surface area contributed by atoms with Crippen molar-refractivity contribution >= 4 is 53.0 Å². The van der Waals surface area contributed by atoms with Crippen molar-refractivity contribution in [1.29, 1.82) is 0 Å². The largest absolute Gasteiger partial charge is 0.467 e. The number of nitrogens with one attached hydrogen (secondary N) is 1. The van der Waals surface area contributed by atoms with E-state index in [4.69, 9.17) is 0 Å². The lowest BCUT2D eigenvalue weighted by Gasteiger charge is -2.24. The van der Waals surface area contributed by atoms with Gasteiger partial charge in [-0.25, -0.2) is 4.79 Å². The zero-order chi connectivity index (χ0) is 22.8. The highest BCUT2D eigenvalue weighted by atomic mass is 127. The number of nitrogens with zero attached hydrogens (tertiary/aromatic N) is 1. The first-order valence-electron chi connectivity index (χ1n) is 9.00. The molecular weight excluding hydrogens is 511 g/mol. The fourth-order valence-electron chi connectivity index (χ4n) is 2.57. The third kappa shape index (κ3) is 6.52. The number of likely N-dealkylation sites (N-methyl/N-ethyl adjacent to an activating group) is 1. The molecule has 0 saturated heterocycles. The second kappa shape index (κ2) is 11.7. The lowest BCUT2D eigenvalue weighted by molar-refractivity contribution is -0.149. The molecule has 0 aliphatic carbocycles. The Morgan fingerprint density at radius 1 is 1.06 bits per heavy atom. The van der Waals surface area contributed by atoms with E-state index in [0.717, 1.165) is 23.9 Å². The van der Waals surface area contributed by atoms with Gasteiger partial charge in [0, 0.05) is 23.7 Å². The number of hydrogen-bond donors (Lipinski definition) is 1. The van der Waals surface area contributed by atoms with Crippen molar-refractivity contribution in [3.05, 3.63) is 76.9 Å². The molecule has 0 radical (unpaired) electrons. The van der Waals surface area contributed by atoms with Gasteiger partial charge in [0.05, 0.1) is 30.0 Å². The standard InChI is InChI=1S/C23H19IN2O5/c1-26(20(21(28)25-24)23(30)31-2)22(29)19-13-11-17(12-14-19)6-4-3-5-16-7-9-18(15-27)10-8-16/h3,5,7-15,20H,1-2H3,(H,25,28)/b5-3+. The van der Waals surface area contributed by atoms with Gasteiger partial charge in [0.25, 0.3) is 11.8 Å². The summed E-state index contributed by atoms with van der Waals surface area (Å²) in [4.78, 5) is 48.2. The second-order valence-electron chi connectivity index (χ2n) is 6.27. The average molecular weight is 530 g/mol. The summed E-state index contributed by atoms with van der Waals surface area (Å²) in [7, 11) is 2.51. The van der Waals surface area contributed by atoms with Gasteiger partial charge in [-0.1, -0.05) is 36.1 Å². The summed E-state index contributed by atoms with van der Waals surface area (Å²) in [5.74, 6) is 3.86. The number of hydrogen-bond acceptors (Lipinski definition) is 5. The quantitative estimate of drug-likeness (QED) is 0.155. The number of amides is 2. The van der Waals surface area contributed by atoms with E-state index < -0.39 is 23.8 Å². The van der Waals surface area contributed by atoms with Crippen molar-refractivity contribution in [3.63, 3.8) is 0 Å². The van der Waals surface area contributed by atoms with Crippen molar-refractivity contribution in [3.8, 4) is 11.8 Å². The molecule has 1 atom stereocenters. The van der Waals surface area contributed by atoms with Crippen LogP contribution in [0.2, 0.25) is 0 Å². The molecule has 0 aromatic heterocycles. The van der Waals surface area contributed by atoms with Crippen LogP contribution in [0.5, 0.6) is 0 Å². The van der Waals surface area contributed by atoms with Gasteiger partial charge in [-0.05, 0) is 42.0 Å². The first-order valence-corrected chi connectivity index (χ1v) is 10.1. The monoisotopic (exact) mass is 530 g/mol. The molecule has 2 aromatic rings. The molecule has 0 aliphatic heterocycles. The highest BCUT2D eigenvalue weighted by molar-refractivity contribution is 14.1. The molecule has 0 bridgehead atoms. The summed E-state index contributed by atoms with van der Waals surface area (Å²) < 4.78 is 6.94. The number of carbonyl (C=O) groups is 4. The Labute approximate surface area is 194 Å². The van der Waals surface area contributed by atoms with Crippen LogP contribution >= 0.6 is 22.9 Å². The van der Waals surface area contributed by atoms with Gasteiger partial charge < -0.3 is 9.64 Å². The SMILES string of the molecule is COC(=O)C(C(=O)NI)N(C)C(=O)c1ccc(C#C/C=C/c2ccc(C=O)cc2)cc1. The number of methoxy groups -OCH3 is 1. The van der Waals surface area contributed by atoms with Gasteiger partial charge in [-0.15, -0.1) is 0 Å². The van der Waals surface area contributed by atoms with Crippen molar-refractivity contribution in [2.45, 2.75) is 6.04 Å². The third-order valence-corrected chi connectivity index (χ3v) is 4.79. The number of carbonyl (C=O) groups excluding carboxylic acids is 4. The highest BCUT2D eigenvalue weighted by Gasteiger charge is 2.34. The molecule has 0 saturated carbocycles. The van der Waals surface area contributed by atoms with Crippen LogP contribution < -0.4 is 3.53 Å². The predicted octanol–water partition coefficient (Wildman–Crippen LogP) is 2.64. The number of benzene rings is 2. The first-order chi connectivity index (χ1) is 14.9. The predicted molar refractivity (Wildman–Crippen MR) is 124 cm³/mol. The van der Waals surface area contributed by atoms with Gasteiger partial charge in [-0.2, -0.15) is 0 Å². The Hall–Kier alpha value is -3.45. The molecule has 158 valence electrons. The van der Waals surface area contributed by atoms with E-state index in [-0.39, 0.29) is 0 Å². The number of halogens is 1. The zero-order valence-corrected chi connectivity index (χ0v) is 19.0. The molecular formula is C23H19IN2O5. The van der Waals surface area contributed by atoms with Crippen LogP contribution in [0.15, 0.2) is 54.6 Å². The van der Waals surface area contributed by atoms with Gasteiger partial charge in [0.15, 0.2) is 0 Å². The molecule has 2 rings (SSSR count). The van der Waals surface area contributed by atoms with Crippen LogP contribution in [0.1, 0.15) is 31.8 Å². The number of aldehydes is 1. The van der Waals surface area contributed by atoms with Crippen LogP contribution in [-0.4, -0.2) is 49.2 Å². The van der Waals surface area contributed by atoms with Crippen molar-refractivity contribution < 1.29 is 23.9 Å². The van der Waals surface area contributed by atoms with Crippen molar-refractivity contribution in [2.24, 2.45) is 0 Å². The van der Waals surface area contributed by atoms with Crippen LogP contribution in [0.4, 0.5) is 0 Å². The molecule has 0 spiro atoms. The maximum atomic E-state index is 12.7. The minimum Gasteiger partial charge on any atom is -0.467 e. The van der Waals surface area contributed by atoms with Crippen LogP contribution in [0.3, 0.4) is 0 Å². The lowest BCUT2D eigenvalue weighted by Crippen LogP contribution is -2.50. The van der Waals surface area contributed by atoms with Gasteiger partial charge in [0.1, 0.15) is 6.29 Å². The van der Waals surface area contributed by atoms with Crippen LogP contribution in [-0.2, 0) is 14.3 Å². The Morgan fingerprint density at radius 2 is 1.68 bits per heavy atom. The van der Waals surface area contributed by atoms with Gasteiger partial charge >= 0.3 is 5.97 Å². The third-order valence-electron chi connectivity index (χ3n) is 4.25. The zero-order valence-electron chi connectivity index (χ0n) is 16.8. The Balaban J connectivity index is 2.08. The number of rotatable bonds is 6. The van der Waals surface area contributed by atoms with E-state index in [1.54, 1.807) is 65.3 Å². The Kier molecular flexibility index (Phi) is 8.96. The van der Waals surface area contributed by atoms with Crippen LogP contribution in [0, 0.1) is 11.8 Å². The highest BCUT2D eigenvalue weighted by Crippen LogP contribution is 2.11. The van der Waals surface area contributed by atoms with Gasteiger partial charge in [-0.3, -0.25) is 17.9 Å².